The zero-order chi connectivity index (χ0) is 19.0. The number of pyridine rings is 1. The van der Waals surface area contributed by atoms with Crippen LogP contribution in [0.1, 0.15) is 16.1 Å². The molecular weight excluding hydrogens is 392 g/mol. The van der Waals surface area contributed by atoms with Crippen LogP contribution in [0.2, 0.25) is 0 Å². The fraction of sp³-hybridized carbons (Fsp3) is 0.647. The summed E-state index contributed by atoms with van der Waals surface area (Å²) in [6.45, 7) is 5.11. The van der Waals surface area contributed by atoms with Crippen LogP contribution < -0.4 is 0 Å². The molecule has 1 amide bonds. The normalized spacial score (nSPS) is 29.8. The van der Waals surface area contributed by atoms with E-state index in [1.807, 2.05) is 17.9 Å². The highest BCUT2D eigenvalue weighted by atomic mass is 35.5. The highest BCUT2D eigenvalue weighted by Crippen LogP contribution is 2.32. The Morgan fingerprint density at radius 2 is 1.93 bits per heavy atom. The number of amides is 1. The minimum absolute atomic E-state index is 0. The van der Waals surface area contributed by atoms with Gasteiger partial charge in [0, 0.05) is 38.1 Å². The van der Waals surface area contributed by atoms with Crippen LogP contribution in [0.3, 0.4) is 0 Å². The van der Waals surface area contributed by atoms with Crippen molar-refractivity contribution in [1.29, 1.82) is 0 Å². The summed E-state index contributed by atoms with van der Waals surface area (Å²) in [7, 11) is 0. The highest BCUT2D eigenvalue weighted by Gasteiger charge is 2.51. The summed E-state index contributed by atoms with van der Waals surface area (Å²) in [4.78, 5) is 36.1. The van der Waals surface area contributed by atoms with Gasteiger partial charge in [-0.2, -0.15) is 0 Å². The molecule has 0 aliphatic carbocycles. The number of ether oxygens (including phenoxy) is 2. The van der Waals surface area contributed by atoms with Gasteiger partial charge in [0.2, 0.25) is 0 Å². The molecule has 0 unspecified atom stereocenters. The Bertz CT molecular complexity index is 712. The van der Waals surface area contributed by atoms with E-state index in [1.165, 1.54) is 0 Å². The molecule has 10 nitrogen and oxygen atoms in total. The molecule has 0 N–H and O–H groups in total. The molecular formula is C17H23ClN4O6. The van der Waals surface area contributed by atoms with Gasteiger partial charge in [0.15, 0.2) is 6.10 Å². The first-order valence-electron chi connectivity index (χ1n) is 9.03. The molecule has 0 spiro atoms. The first kappa shape index (κ1) is 20.7. The summed E-state index contributed by atoms with van der Waals surface area (Å²) in [5.74, 6) is -0.0146. The van der Waals surface area contributed by atoms with Crippen LogP contribution in [0, 0.1) is 17.0 Å². The Balaban J connectivity index is 0.00000225. The summed E-state index contributed by atoms with van der Waals surface area (Å²) < 4.78 is 11.5. The third-order valence-electron chi connectivity index (χ3n) is 5.43. The van der Waals surface area contributed by atoms with E-state index in [0.29, 0.717) is 38.3 Å². The number of aryl methyl sites for hydroxylation is 1. The minimum Gasteiger partial charge on any atom is -0.371 e. The number of piperazine rings is 1. The van der Waals surface area contributed by atoms with Crippen molar-refractivity contribution < 1.29 is 24.2 Å². The van der Waals surface area contributed by atoms with Gasteiger partial charge < -0.3 is 19.2 Å². The first-order chi connectivity index (χ1) is 13.0. The second kappa shape index (κ2) is 8.56. The van der Waals surface area contributed by atoms with Crippen molar-refractivity contribution in [2.24, 2.45) is 0 Å². The van der Waals surface area contributed by atoms with E-state index in [4.69, 9.17) is 9.47 Å². The van der Waals surface area contributed by atoms with E-state index in [0.717, 1.165) is 5.69 Å². The van der Waals surface area contributed by atoms with E-state index in [-0.39, 0.29) is 37.1 Å². The molecule has 3 saturated heterocycles. The van der Waals surface area contributed by atoms with E-state index in [9.17, 15) is 14.9 Å². The van der Waals surface area contributed by atoms with Crippen molar-refractivity contribution in [3.63, 3.8) is 0 Å². The van der Waals surface area contributed by atoms with Crippen LogP contribution >= 0.6 is 12.4 Å². The molecule has 11 heteroatoms. The summed E-state index contributed by atoms with van der Waals surface area (Å²) >= 11 is 0. The van der Waals surface area contributed by atoms with Gasteiger partial charge in [-0.05, 0) is 19.1 Å². The quantitative estimate of drug-likeness (QED) is 0.512. The molecule has 0 bridgehead atoms. The van der Waals surface area contributed by atoms with Gasteiger partial charge in [-0.3, -0.25) is 14.7 Å². The van der Waals surface area contributed by atoms with Crippen LogP contribution in [0.15, 0.2) is 18.3 Å². The van der Waals surface area contributed by atoms with Gasteiger partial charge in [0.25, 0.3) is 11.0 Å². The highest BCUT2D eigenvalue weighted by molar-refractivity contribution is 5.94. The maximum atomic E-state index is 12.6. The third kappa shape index (κ3) is 4.04. The Kier molecular flexibility index (Phi) is 6.33. The SMILES string of the molecule is Cc1ccc(C(=O)N2CCN([C@H]3CO[C@H]4[C@@H]3OC[C@@H]4O[N+](=O)[O-])CC2)cn1.Cl. The molecule has 0 aromatic carbocycles. The van der Waals surface area contributed by atoms with Gasteiger partial charge in [0.1, 0.15) is 12.2 Å². The number of carbonyl (C=O) groups excluding carboxylic acids is 1. The molecule has 4 atom stereocenters. The third-order valence-corrected chi connectivity index (χ3v) is 5.43. The molecule has 3 aliphatic heterocycles. The predicted octanol–water partition coefficient (Wildman–Crippen LogP) is 0.313. The Hall–Kier alpha value is -2.01. The molecule has 154 valence electrons. The topological polar surface area (TPSA) is 107 Å². The van der Waals surface area contributed by atoms with Gasteiger partial charge in [-0.15, -0.1) is 22.5 Å². The number of rotatable bonds is 4. The number of fused-ring (bicyclic) bond motifs is 1. The smallest absolute Gasteiger partial charge is 0.294 e. The number of hydrogen-bond acceptors (Lipinski definition) is 8. The Morgan fingerprint density at radius 1 is 1.21 bits per heavy atom. The van der Waals surface area contributed by atoms with Crippen molar-refractivity contribution in [3.8, 4) is 0 Å². The molecule has 1 aromatic heterocycles. The van der Waals surface area contributed by atoms with E-state index < -0.39 is 17.3 Å². The molecule has 4 heterocycles. The fourth-order valence-electron chi connectivity index (χ4n) is 3.99. The van der Waals surface area contributed by atoms with Crippen molar-refractivity contribution in [3.05, 3.63) is 39.7 Å². The van der Waals surface area contributed by atoms with Crippen LogP contribution in [0.25, 0.3) is 0 Å². The van der Waals surface area contributed by atoms with E-state index in [1.54, 1.807) is 12.3 Å². The average molecular weight is 415 g/mol. The van der Waals surface area contributed by atoms with Crippen LogP contribution in [-0.2, 0) is 14.3 Å². The van der Waals surface area contributed by atoms with Gasteiger partial charge in [-0.1, -0.05) is 0 Å². The van der Waals surface area contributed by atoms with E-state index >= 15 is 0 Å². The number of carbonyl (C=O) groups is 1. The lowest BCUT2D eigenvalue weighted by Crippen LogP contribution is -2.55. The maximum Gasteiger partial charge on any atom is 0.294 e. The van der Waals surface area contributed by atoms with Crippen LogP contribution in [0.5, 0.6) is 0 Å². The monoisotopic (exact) mass is 414 g/mol. The zero-order valence-electron chi connectivity index (χ0n) is 15.4. The summed E-state index contributed by atoms with van der Waals surface area (Å²) in [5.41, 5.74) is 1.47. The second-order valence-corrected chi connectivity index (χ2v) is 7.05. The van der Waals surface area contributed by atoms with Crippen molar-refractivity contribution in [2.75, 3.05) is 39.4 Å². The zero-order valence-corrected chi connectivity index (χ0v) is 16.2. The lowest BCUT2D eigenvalue weighted by Gasteiger charge is -2.38. The molecule has 3 aliphatic rings. The Morgan fingerprint density at radius 3 is 2.57 bits per heavy atom. The predicted molar refractivity (Wildman–Crippen MR) is 98.8 cm³/mol. The number of aromatic nitrogens is 1. The number of nitrogens with zero attached hydrogens (tertiary/aromatic N) is 4. The van der Waals surface area contributed by atoms with E-state index in [2.05, 4.69) is 14.7 Å². The minimum atomic E-state index is -0.794. The summed E-state index contributed by atoms with van der Waals surface area (Å²) in [6, 6.07) is 3.66. The lowest BCUT2D eigenvalue weighted by molar-refractivity contribution is -0.769. The van der Waals surface area contributed by atoms with Crippen LogP contribution in [0.4, 0.5) is 0 Å². The van der Waals surface area contributed by atoms with Crippen molar-refractivity contribution in [1.82, 2.24) is 14.8 Å². The second-order valence-electron chi connectivity index (χ2n) is 7.05. The van der Waals surface area contributed by atoms with Crippen molar-refractivity contribution in [2.45, 2.75) is 31.3 Å². The molecule has 1 aromatic rings. The Labute approximate surface area is 168 Å². The number of halogens is 1. The van der Waals surface area contributed by atoms with Gasteiger partial charge in [0.05, 0.1) is 24.8 Å². The van der Waals surface area contributed by atoms with Crippen molar-refractivity contribution >= 4 is 18.3 Å². The molecule has 0 saturated carbocycles. The largest absolute Gasteiger partial charge is 0.371 e. The maximum absolute atomic E-state index is 12.6. The average Bonchev–Trinajstić information content (AvgIpc) is 3.25. The summed E-state index contributed by atoms with van der Waals surface area (Å²) in [6.07, 6.45) is 0.283. The molecule has 4 rings (SSSR count). The van der Waals surface area contributed by atoms with Gasteiger partial charge in [-0.25, -0.2) is 0 Å². The molecule has 3 fully saturated rings. The summed E-state index contributed by atoms with van der Waals surface area (Å²) in [5, 5.41) is 9.79. The molecule has 0 radical (unpaired) electrons. The standard InChI is InChI=1S/C17H22N4O6.ClH/c1-11-2-3-12(8-18-11)17(22)20-6-4-19(5-7-20)13-9-25-16-14(27-21(23)24)10-26-15(13)16;/h2-3,8,13-16H,4-7,9-10H2,1H3;1H/t13-,14-,15+,16+;/m0./s1. The number of hydrogen-bond donors (Lipinski definition) is 0. The van der Waals surface area contributed by atoms with Gasteiger partial charge >= 0.3 is 0 Å². The van der Waals surface area contributed by atoms with Crippen LogP contribution in [-0.4, -0.2) is 89.5 Å². The molecule has 28 heavy (non-hydrogen) atoms. The lowest BCUT2D eigenvalue weighted by atomic mass is 10.1. The first-order valence-corrected chi connectivity index (χ1v) is 9.03. The fourth-order valence-corrected chi connectivity index (χ4v) is 3.99.